The number of carbonyl (C=O) groups excluding carboxylic acids is 2. The third-order valence-corrected chi connectivity index (χ3v) is 4.54. The summed E-state index contributed by atoms with van der Waals surface area (Å²) in [5, 5.41) is 15.2. The van der Waals surface area contributed by atoms with Crippen LogP contribution in [0, 0.1) is 10.1 Å². The van der Waals surface area contributed by atoms with Crippen molar-refractivity contribution < 1.29 is 28.7 Å². The molecule has 0 unspecified atom stereocenters. The lowest BCUT2D eigenvalue weighted by molar-refractivity contribution is -0.384. The van der Waals surface area contributed by atoms with Gasteiger partial charge in [0.15, 0.2) is 18.1 Å². The van der Waals surface area contributed by atoms with E-state index in [-0.39, 0.29) is 29.4 Å². The van der Waals surface area contributed by atoms with E-state index in [1.807, 2.05) is 0 Å². The quantitative estimate of drug-likeness (QED) is 0.160. The molecular formula is C23H18ClN3O7. The predicted molar refractivity (Wildman–Crippen MR) is 124 cm³/mol. The van der Waals surface area contributed by atoms with Gasteiger partial charge in [-0.25, -0.2) is 10.2 Å². The Hall–Kier alpha value is -4.44. The fraction of sp³-hybridized carbons (Fsp3) is 0.0870. The molecule has 0 aliphatic rings. The van der Waals surface area contributed by atoms with E-state index in [1.165, 1.54) is 43.7 Å². The Morgan fingerprint density at radius 1 is 1.06 bits per heavy atom. The monoisotopic (exact) mass is 483 g/mol. The highest BCUT2D eigenvalue weighted by molar-refractivity contribution is 6.30. The summed E-state index contributed by atoms with van der Waals surface area (Å²) in [6.07, 6.45) is 1.38. The van der Waals surface area contributed by atoms with E-state index in [2.05, 4.69) is 10.5 Å². The Kier molecular flexibility index (Phi) is 8.14. The van der Waals surface area contributed by atoms with Crippen molar-refractivity contribution >= 4 is 35.4 Å². The zero-order valence-electron chi connectivity index (χ0n) is 17.8. The molecule has 0 fully saturated rings. The molecule has 10 nitrogen and oxygen atoms in total. The van der Waals surface area contributed by atoms with Gasteiger partial charge >= 0.3 is 5.97 Å². The van der Waals surface area contributed by atoms with Crippen molar-refractivity contribution in [3.8, 4) is 17.2 Å². The van der Waals surface area contributed by atoms with Gasteiger partial charge in [0.2, 0.25) is 0 Å². The van der Waals surface area contributed by atoms with Crippen LogP contribution in [0.15, 0.2) is 71.8 Å². The van der Waals surface area contributed by atoms with Crippen molar-refractivity contribution in [2.24, 2.45) is 5.10 Å². The lowest BCUT2D eigenvalue weighted by Gasteiger charge is -2.10. The summed E-state index contributed by atoms with van der Waals surface area (Å²) < 4.78 is 15.9. The SMILES string of the molecule is COc1cc(/C=N\NC(=O)COc2ccc(Cl)cc2)ccc1OC(=O)c1ccc([N+](=O)[O-])cc1. The van der Waals surface area contributed by atoms with Crippen LogP contribution in [0.1, 0.15) is 15.9 Å². The average Bonchev–Trinajstić information content (AvgIpc) is 2.84. The maximum atomic E-state index is 12.3. The number of nitro benzene ring substituents is 1. The highest BCUT2D eigenvalue weighted by atomic mass is 35.5. The number of hydrogen-bond acceptors (Lipinski definition) is 8. The number of nitrogens with zero attached hydrogens (tertiary/aromatic N) is 2. The predicted octanol–water partition coefficient (Wildman–Crippen LogP) is 4.01. The molecule has 0 bridgehead atoms. The Labute approximate surface area is 198 Å². The van der Waals surface area contributed by atoms with E-state index < -0.39 is 16.8 Å². The largest absolute Gasteiger partial charge is 0.493 e. The molecule has 0 spiro atoms. The minimum atomic E-state index is -0.706. The second-order valence-corrected chi connectivity index (χ2v) is 7.08. The Morgan fingerprint density at radius 3 is 2.41 bits per heavy atom. The third kappa shape index (κ3) is 6.78. The lowest BCUT2D eigenvalue weighted by atomic mass is 10.2. The van der Waals surface area contributed by atoms with Gasteiger partial charge in [-0.2, -0.15) is 5.10 Å². The van der Waals surface area contributed by atoms with E-state index in [0.29, 0.717) is 16.3 Å². The molecule has 3 aromatic rings. The molecule has 0 aliphatic heterocycles. The Balaban J connectivity index is 1.56. The summed E-state index contributed by atoms with van der Waals surface area (Å²) in [6, 6.07) is 16.2. The molecule has 0 saturated carbocycles. The van der Waals surface area contributed by atoms with Gasteiger partial charge in [-0.05, 0) is 60.2 Å². The van der Waals surface area contributed by atoms with Crippen LogP contribution in [0.25, 0.3) is 0 Å². The number of non-ortho nitro benzene ring substituents is 1. The molecule has 0 aliphatic carbocycles. The number of nitro groups is 1. The van der Waals surface area contributed by atoms with E-state index in [1.54, 1.807) is 36.4 Å². The van der Waals surface area contributed by atoms with E-state index in [0.717, 1.165) is 0 Å². The minimum absolute atomic E-state index is 0.138. The van der Waals surface area contributed by atoms with Gasteiger partial charge in [0, 0.05) is 17.2 Å². The van der Waals surface area contributed by atoms with E-state index in [9.17, 15) is 19.7 Å². The number of carbonyl (C=O) groups is 2. The summed E-state index contributed by atoms with van der Waals surface area (Å²) in [6.45, 7) is -0.236. The van der Waals surface area contributed by atoms with Crippen molar-refractivity contribution in [1.29, 1.82) is 0 Å². The van der Waals surface area contributed by atoms with Gasteiger partial charge in [-0.1, -0.05) is 11.6 Å². The molecule has 1 amide bonds. The van der Waals surface area contributed by atoms with Gasteiger partial charge in [-0.3, -0.25) is 14.9 Å². The normalized spacial score (nSPS) is 10.5. The number of methoxy groups -OCH3 is 1. The molecule has 174 valence electrons. The third-order valence-electron chi connectivity index (χ3n) is 4.29. The van der Waals surface area contributed by atoms with Crippen molar-refractivity contribution in [3.63, 3.8) is 0 Å². The number of nitrogens with one attached hydrogen (secondary N) is 1. The van der Waals surface area contributed by atoms with Crippen LogP contribution < -0.4 is 19.6 Å². The first-order valence-corrected chi connectivity index (χ1v) is 10.1. The lowest BCUT2D eigenvalue weighted by Crippen LogP contribution is -2.24. The van der Waals surface area contributed by atoms with Crippen LogP contribution in [0.5, 0.6) is 17.2 Å². The second-order valence-electron chi connectivity index (χ2n) is 6.64. The number of rotatable bonds is 9. The van der Waals surface area contributed by atoms with Crippen LogP contribution in [0.4, 0.5) is 5.69 Å². The maximum Gasteiger partial charge on any atom is 0.343 e. The summed E-state index contributed by atoms with van der Waals surface area (Å²) in [7, 11) is 1.40. The summed E-state index contributed by atoms with van der Waals surface area (Å²) >= 11 is 5.79. The fourth-order valence-electron chi connectivity index (χ4n) is 2.62. The van der Waals surface area contributed by atoms with Crippen LogP contribution >= 0.6 is 11.6 Å². The number of benzene rings is 3. The second kappa shape index (κ2) is 11.4. The van der Waals surface area contributed by atoms with Gasteiger partial charge < -0.3 is 14.2 Å². The zero-order chi connectivity index (χ0) is 24.5. The highest BCUT2D eigenvalue weighted by Crippen LogP contribution is 2.28. The summed E-state index contributed by atoms with van der Waals surface area (Å²) in [4.78, 5) is 34.4. The molecule has 0 radical (unpaired) electrons. The number of amides is 1. The molecule has 0 aromatic heterocycles. The molecule has 0 heterocycles. The molecular weight excluding hydrogens is 466 g/mol. The first-order valence-electron chi connectivity index (χ1n) is 9.70. The topological polar surface area (TPSA) is 129 Å². The molecule has 0 saturated heterocycles. The zero-order valence-corrected chi connectivity index (χ0v) is 18.5. The summed E-state index contributed by atoms with van der Waals surface area (Å²) in [5.41, 5.74) is 2.90. The van der Waals surface area contributed by atoms with E-state index >= 15 is 0 Å². The smallest absolute Gasteiger partial charge is 0.343 e. The Morgan fingerprint density at radius 2 is 1.76 bits per heavy atom. The highest BCUT2D eigenvalue weighted by Gasteiger charge is 2.14. The van der Waals surface area contributed by atoms with Crippen LogP contribution in [0.2, 0.25) is 5.02 Å². The average molecular weight is 484 g/mol. The Bertz CT molecular complexity index is 1210. The van der Waals surface area contributed by atoms with Gasteiger partial charge in [0.25, 0.3) is 11.6 Å². The van der Waals surface area contributed by atoms with Crippen molar-refractivity contribution in [2.75, 3.05) is 13.7 Å². The standard InChI is InChI=1S/C23H18ClN3O7/c1-32-21-12-15(13-25-26-22(28)14-33-19-9-5-17(24)6-10-19)2-11-20(21)34-23(29)16-3-7-18(8-4-16)27(30)31/h2-13H,14H2,1H3,(H,26,28)/b25-13-. The van der Waals surface area contributed by atoms with Crippen LogP contribution in [-0.4, -0.2) is 36.7 Å². The number of esters is 1. The first kappa shape index (κ1) is 24.2. The van der Waals surface area contributed by atoms with Gasteiger partial charge in [0.05, 0.1) is 23.8 Å². The van der Waals surface area contributed by atoms with Crippen LogP contribution in [0.3, 0.4) is 0 Å². The maximum absolute atomic E-state index is 12.3. The molecule has 3 aromatic carbocycles. The summed E-state index contributed by atoms with van der Waals surface area (Å²) in [5.74, 6) is -0.290. The number of hydrogen-bond donors (Lipinski definition) is 1. The molecule has 34 heavy (non-hydrogen) atoms. The molecule has 11 heteroatoms. The van der Waals surface area contributed by atoms with E-state index in [4.69, 9.17) is 25.8 Å². The fourth-order valence-corrected chi connectivity index (χ4v) is 2.74. The van der Waals surface area contributed by atoms with Gasteiger partial charge in [-0.15, -0.1) is 0 Å². The van der Waals surface area contributed by atoms with Gasteiger partial charge in [0.1, 0.15) is 5.75 Å². The van der Waals surface area contributed by atoms with Crippen molar-refractivity contribution in [2.45, 2.75) is 0 Å². The number of halogens is 1. The molecule has 0 atom stereocenters. The van der Waals surface area contributed by atoms with Crippen molar-refractivity contribution in [3.05, 3.63) is 93.0 Å². The minimum Gasteiger partial charge on any atom is -0.493 e. The molecule has 1 N–H and O–H groups in total. The number of ether oxygens (including phenoxy) is 3. The number of hydrazone groups is 1. The van der Waals surface area contributed by atoms with Crippen molar-refractivity contribution in [1.82, 2.24) is 5.43 Å². The molecule has 3 rings (SSSR count). The first-order chi connectivity index (χ1) is 16.4. The van der Waals surface area contributed by atoms with Crippen LogP contribution in [-0.2, 0) is 4.79 Å².